The van der Waals surface area contributed by atoms with E-state index in [-0.39, 0.29) is 6.04 Å². The molecule has 0 bridgehead atoms. The van der Waals surface area contributed by atoms with Gasteiger partial charge in [0.2, 0.25) is 0 Å². The first-order valence-electron chi connectivity index (χ1n) is 13.2. The summed E-state index contributed by atoms with van der Waals surface area (Å²) in [6.45, 7) is 10.5. The predicted molar refractivity (Wildman–Crippen MR) is 165 cm³/mol. The molecular weight excluding hydrogens is 458 g/mol. The van der Waals surface area contributed by atoms with E-state index in [0.29, 0.717) is 0 Å². The first-order chi connectivity index (χ1) is 18.5. The van der Waals surface area contributed by atoms with Crippen molar-refractivity contribution in [3.8, 4) is 33.4 Å². The highest BCUT2D eigenvalue weighted by molar-refractivity contribution is 5.99. The van der Waals surface area contributed by atoms with Crippen LogP contribution in [0, 0.1) is 6.92 Å². The molecule has 5 aromatic rings. The third-order valence-electron chi connectivity index (χ3n) is 7.18. The molecule has 0 aliphatic heterocycles. The van der Waals surface area contributed by atoms with Crippen LogP contribution in [0.3, 0.4) is 0 Å². The monoisotopic (exact) mass is 491 g/mol. The number of aryl methyl sites for hydroxylation is 1. The number of hydrogen-bond acceptors (Lipinski definition) is 1. The Hall–Kier alpha value is -4.49. The molecule has 1 nitrogen and oxygen atoms in total. The molecule has 0 aliphatic rings. The zero-order chi connectivity index (χ0) is 26.5. The summed E-state index contributed by atoms with van der Waals surface area (Å²) in [5.41, 5.74) is 13.0. The SMILES string of the molecule is C=Cc1ccc(-c2cccc(-c3ccccc3)c2)cc1-c1ccc(C(C)=NC(C)c2ccccc2)cc1C. The van der Waals surface area contributed by atoms with Crippen LogP contribution in [0.4, 0.5) is 0 Å². The lowest BCUT2D eigenvalue weighted by Crippen LogP contribution is -2.00. The summed E-state index contributed by atoms with van der Waals surface area (Å²) in [7, 11) is 0. The lowest BCUT2D eigenvalue weighted by Gasteiger charge is -2.15. The minimum absolute atomic E-state index is 0.117. The van der Waals surface area contributed by atoms with Gasteiger partial charge in [-0.2, -0.15) is 0 Å². The maximum Gasteiger partial charge on any atom is 0.0724 e. The molecule has 0 heterocycles. The minimum atomic E-state index is 0.117. The molecule has 0 fully saturated rings. The molecule has 5 aromatic carbocycles. The summed E-state index contributed by atoms with van der Waals surface area (Å²) in [4.78, 5) is 4.98. The molecule has 186 valence electrons. The van der Waals surface area contributed by atoms with E-state index >= 15 is 0 Å². The Morgan fingerprint density at radius 1 is 0.658 bits per heavy atom. The van der Waals surface area contributed by atoms with Gasteiger partial charge in [-0.25, -0.2) is 0 Å². The highest BCUT2D eigenvalue weighted by Crippen LogP contribution is 2.34. The van der Waals surface area contributed by atoms with E-state index in [1.807, 2.05) is 12.1 Å². The van der Waals surface area contributed by atoms with Gasteiger partial charge in [-0.15, -0.1) is 0 Å². The van der Waals surface area contributed by atoms with Crippen molar-refractivity contribution in [3.63, 3.8) is 0 Å². The molecule has 0 saturated heterocycles. The second-order valence-electron chi connectivity index (χ2n) is 9.78. The maximum atomic E-state index is 4.98. The van der Waals surface area contributed by atoms with E-state index in [4.69, 9.17) is 4.99 Å². The fourth-order valence-corrected chi connectivity index (χ4v) is 5.02. The summed E-state index contributed by atoms with van der Waals surface area (Å²) in [5, 5.41) is 0. The fraction of sp³-hybridized carbons (Fsp3) is 0.108. The Balaban J connectivity index is 1.49. The van der Waals surface area contributed by atoms with Crippen LogP contribution in [0.1, 0.15) is 42.1 Å². The largest absolute Gasteiger partial charge is 0.282 e. The van der Waals surface area contributed by atoms with Crippen molar-refractivity contribution in [1.82, 2.24) is 0 Å². The van der Waals surface area contributed by atoms with E-state index in [1.165, 1.54) is 44.5 Å². The van der Waals surface area contributed by atoms with Gasteiger partial charge < -0.3 is 0 Å². The van der Waals surface area contributed by atoms with E-state index in [9.17, 15) is 0 Å². The molecule has 0 radical (unpaired) electrons. The highest BCUT2D eigenvalue weighted by Gasteiger charge is 2.12. The topological polar surface area (TPSA) is 12.4 Å². The molecule has 1 unspecified atom stereocenters. The van der Waals surface area contributed by atoms with Gasteiger partial charge in [0.25, 0.3) is 0 Å². The van der Waals surface area contributed by atoms with Gasteiger partial charge >= 0.3 is 0 Å². The molecule has 0 N–H and O–H groups in total. The molecular formula is C37H33N. The second-order valence-corrected chi connectivity index (χ2v) is 9.78. The predicted octanol–water partition coefficient (Wildman–Crippen LogP) is 10.2. The highest BCUT2D eigenvalue weighted by atomic mass is 14.8. The molecule has 0 spiro atoms. The molecule has 0 saturated carbocycles. The van der Waals surface area contributed by atoms with E-state index < -0.39 is 0 Å². The van der Waals surface area contributed by atoms with Crippen LogP contribution < -0.4 is 0 Å². The van der Waals surface area contributed by atoms with Crippen LogP contribution >= 0.6 is 0 Å². The third kappa shape index (κ3) is 5.43. The summed E-state index contributed by atoms with van der Waals surface area (Å²) < 4.78 is 0. The lowest BCUT2D eigenvalue weighted by molar-refractivity contribution is 0.819. The summed E-state index contributed by atoms with van der Waals surface area (Å²) in [6, 6.07) is 43.2. The van der Waals surface area contributed by atoms with Crippen LogP contribution in [0.2, 0.25) is 0 Å². The van der Waals surface area contributed by atoms with Crippen molar-refractivity contribution in [2.75, 3.05) is 0 Å². The van der Waals surface area contributed by atoms with Crippen LogP contribution in [-0.4, -0.2) is 5.71 Å². The molecule has 38 heavy (non-hydrogen) atoms. The molecule has 5 rings (SSSR count). The molecule has 0 aromatic heterocycles. The Bertz CT molecular complexity index is 1590. The average molecular weight is 492 g/mol. The van der Waals surface area contributed by atoms with E-state index in [0.717, 1.165) is 16.8 Å². The second kappa shape index (κ2) is 11.3. The molecule has 1 heteroatoms. The first kappa shape index (κ1) is 25.2. The van der Waals surface area contributed by atoms with E-state index in [2.05, 4.69) is 143 Å². The standard InChI is InChI=1S/C37H33N/c1-5-29-19-20-35(34-18-12-17-33(24-34)31-15-10-7-11-16-31)25-37(29)36-22-21-32(23-26(36)2)28(4)38-27(3)30-13-8-6-9-14-30/h5-25,27H,1H2,2-4H3. The summed E-state index contributed by atoms with van der Waals surface area (Å²) in [6.07, 6.45) is 1.95. The van der Waals surface area contributed by atoms with Crippen LogP contribution in [0.25, 0.3) is 39.5 Å². The molecule has 0 aliphatic carbocycles. The smallest absolute Gasteiger partial charge is 0.0724 e. The van der Waals surface area contributed by atoms with Crippen LogP contribution in [0.15, 0.2) is 133 Å². The minimum Gasteiger partial charge on any atom is -0.282 e. The van der Waals surface area contributed by atoms with Crippen molar-refractivity contribution in [3.05, 3.63) is 150 Å². The van der Waals surface area contributed by atoms with Gasteiger partial charge in [-0.05, 0) is 94.6 Å². The van der Waals surface area contributed by atoms with Crippen molar-refractivity contribution in [1.29, 1.82) is 0 Å². The number of nitrogens with zero attached hydrogens (tertiary/aromatic N) is 1. The number of aliphatic imine (C=N–C) groups is 1. The van der Waals surface area contributed by atoms with Gasteiger partial charge in [-0.1, -0.05) is 116 Å². The lowest BCUT2D eigenvalue weighted by atomic mass is 9.90. The Morgan fingerprint density at radius 2 is 1.29 bits per heavy atom. The van der Waals surface area contributed by atoms with Gasteiger partial charge in [0.05, 0.1) is 6.04 Å². The first-order valence-corrected chi connectivity index (χ1v) is 13.2. The van der Waals surface area contributed by atoms with Crippen LogP contribution in [0.5, 0.6) is 0 Å². The van der Waals surface area contributed by atoms with Crippen LogP contribution in [-0.2, 0) is 0 Å². The van der Waals surface area contributed by atoms with E-state index in [1.54, 1.807) is 0 Å². The zero-order valence-corrected chi connectivity index (χ0v) is 22.4. The van der Waals surface area contributed by atoms with Crippen molar-refractivity contribution < 1.29 is 0 Å². The van der Waals surface area contributed by atoms with Gasteiger partial charge in [0, 0.05) is 5.71 Å². The number of rotatable bonds is 7. The maximum absolute atomic E-state index is 4.98. The third-order valence-corrected chi connectivity index (χ3v) is 7.18. The number of benzene rings is 5. The van der Waals surface area contributed by atoms with Crippen molar-refractivity contribution in [2.45, 2.75) is 26.8 Å². The Kier molecular flexibility index (Phi) is 7.47. The normalized spacial score (nSPS) is 12.2. The van der Waals surface area contributed by atoms with Crippen molar-refractivity contribution in [2.24, 2.45) is 4.99 Å². The summed E-state index contributed by atoms with van der Waals surface area (Å²) in [5.74, 6) is 0. The van der Waals surface area contributed by atoms with Gasteiger partial charge in [0.15, 0.2) is 0 Å². The molecule has 0 amide bonds. The molecule has 1 atom stereocenters. The summed E-state index contributed by atoms with van der Waals surface area (Å²) >= 11 is 0. The Labute approximate surface area is 226 Å². The van der Waals surface area contributed by atoms with Crippen molar-refractivity contribution >= 4 is 11.8 Å². The Morgan fingerprint density at radius 3 is 1.97 bits per heavy atom. The quantitative estimate of drug-likeness (QED) is 0.201. The average Bonchev–Trinajstić information content (AvgIpc) is 2.97. The fourth-order valence-electron chi connectivity index (χ4n) is 5.02. The van der Waals surface area contributed by atoms with Gasteiger partial charge in [-0.3, -0.25) is 4.99 Å². The zero-order valence-electron chi connectivity index (χ0n) is 22.4. The number of hydrogen-bond donors (Lipinski definition) is 0. The van der Waals surface area contributed by atoms with Gasteiger partial charge in [0.1, 0.15) is 0 Å².